The van der Waals surface area contributed by atoms with Gasteiger partial charge >= 0.3 is 0 Å². The van der Waals surface area contributed by atoms with E-state index in [2.05, 4.69) is 22.4 Å². The zero-order chi connectivity index (χ0) is 15.1. The summed E-state index contributed by atoms with van der Waals surface area (Å²) in [6.45, 7) is 3.96. The lowest BCUT2D eigenvalue weighted by atomic mass is 10.2. The number of nitrogens with zero attached hydrogens (tertiary/aromatic N) is 2. The fourth-order valence-corrected chi connectivity index (χ4v) is 2.72. The number of rotatable bonds is 6. The zero-order valence-electron chi connectivity index (χ0n) is 11.9. The predicted octanol–water partition coefficient (Wildman–Crippen LogP) is 3.08. The molecule has 0 saturated heterocycles. The zero-order valence-corrected chi connectivity index (χ0v) is 12.7. The Morgan fingerprint density at radius 1 is 1.38 bits per heavy atom. The summed E-state index contributed by atoms with van der Waals surface area (Å²) in [5.41, 5.74) is 1.20. The molecule has 0 atom stereocenters. The Bertz CT molecular complexity index is 631. The molecule has 0 saturated carbocycles. The topological polar surface area (TPSA) is 56.1 Å². The van der Waals surface area contributed by atoms with E-state index in [1.807, 2.05) is 18.4 Å². The third-order valence-electron chi connectivity index (χ3n) is 3.05. The van der Waals surface area contributed by atoms with Crippen LogP contribution in [0.4, 0.5) is 5.69 Å². The van der Waals surface area contributed by atoms with Gasteiger partial charge < -0.3 is 5.32 Å². The highest BCUT2D eigenvalue weighted by Crippen LogP contribution is 2.13. The highest BCUT2D eigenvalue weighted by atomic mass is 32.1. The standard InChI is InChI=1S/C16H17N3OS/c1-2-19(11-15-7-4-8-21-15)12-16(20)18-14-6-3-5-13(9-14)10-17/h3-9H,2,11-12H2,1H3,(H,18,20). The smallest absolute Gasteiger partial charge is 0.238 e. The Labute approximate surface area is 128 Å². The minimum atomic E-state index is -0.0662. The minimum absolute atomic E-state index is 0.0662. The summed E-state index contributed by atoms with van der Waals surface area (Å²) in [6.07, 6.45) is 0. The molecule has 4 nitrogen and oxygen atoms in total. The molecule has 0 radical (unpaired) electrons. The molecule has 0 aliphatic rings. The Hall–Kier alpha value is -2.16. The first kappa shape index (κ1) is 15.2. The van der Waals surface area contributed by atoms with Gasteiger partial charge in [-0.15, -0.1) is 11.3 Å². The Morgan fingerprint density at radius 2 is 2.24 bits per heavy atom. The quantitative estimate of drug-likeness (QED) is 0.892. The number of nitrogens with one attached hydrogen (secondary N) is 1. The molecule has 108 valence electrons. The van der Waals surface area contributed by atoms with Crippen LogP contribution in [0.2, 0.25) is 0 Å². The number of amides is 1. The molecule has 0 fully saturated rings. The van der Waals surface area contributed by atoms with Gasteiger partial charge in [0.15, 0.2) is 0 Å². The fraction of sp³-hybridized carbons (Fsp3) is 0.250. The maximum atomic E-state index is 12.1. The molecule has 1 aromatic heterocycles. The van der Waals surface area contributed by atoms with Crippen LogP contribution in [0.5, 0.6) is 0 Å². The van der Waals surface area contributed by atoms with E-state index in [9.17, 15) is 4.79 Å². The molecule has 2 rings (SSSR count). The summed E-state index contributed by atoms with van der Waals surface area (Å²) in [5.74, 6) is -0.0662. The van der Waals surface area contributed by atoms with E-state index in [0.29, 0.717) is 17.8 Å². The second kappa shape index (κ2) is 7.58. The molecule has 0 bridgehead atoms. The normalized spacial score (nSPS) is 10.3. The lowest BCUT2D eigenvalue weighted by molar-refractivity contribution is -0.117. The Morgan fingerprint density at radius 3 is 2.90 bits per heavy atom. The van der Waals surface area contributed by atoms with Crippen molar-refractivity contribution in [2.45, 2.75) is 13.5 Å². The van der Waals surface area contributed by atoms with E-state index in [1.54, 1.807) is 35.6 Å². The maximum absolute atomic E-state index is 12.1. The van der Waals surface area contributed by atoms with Gasteiger partial charge in [-0.2, -0.15) is 5.26 Å². The van der Waals surface area contributed by atoms with Crippen molar-refractivity contribution in [3.05, 3.63) is 52.2 Å². The van der Waals surface area contributed by atoms with Crippen molar-refractivity contribution in [2.75, 3.05) is 18.4 Å². The van der Waals surface area contributed by atoms with Crippen molar-refractivity contribution in [3.63, 3.8) is 0 Å². The van der Waals surface area contributed by atoms with Crippen molar-refractivity contribution in [2.24, 2.45) is 0 Å². The summed E-state index contributed by atoms with van der Waals surface area (Å²) in [6, 6.07) is 13.1. The third kappa shape index (κ3) is 4.71. The van der Waals surface area contributed by atoms with Crippen LogP contribution in [-0.4, -0.2) is 23.9 Å². The second-order valence-electron chi connectivity index (χ2n) is 4.62. The van der Waals surface area contributed by atoms with Gasteiger partial charge in [0.25, 0.3) is 0 Å². The molecule has 5 heteroatoms. The first-order chi connectivity index (χ1) is 10.2. The molecule has 0 spiro atoms. The molecular formula is C16H17N3OS. The van der Waals surface area contributed by atoms with Crippen molar-refractivity contribution in [1.82, 2.24) is 4.90 Å². The monoisotopic (exact) mass is 299 g/mol. The van der Waals surface area contributed by atoms with Gasteiger partial charge in [-0.05, 0) is 36.2 Å². The first-order valence-corrected chi connectivity index (χ1v) is 7.64. The number of anilines is 1. The lowest BCUT2D eigenvalue weighted by Gasteiger charge is -2.19. The summed E-state index contributed by atoms with van der Waals surface area (Å²) in [4.78, 5) is 15.4. The van der Waals surface area contributed by atoms with Gasteiger partial charge in [-0.25, -0.2) is 0 Å². The summed E-state index contributed by atoms with van der Waals surface area (Å²) < 4.78 is 0. The van der Waals surface area contributed by atoms with E-state index in [4.69, 9.17) is 5.26 Å². The predicted molar refractivity (Wildman–Crippen MR) is 85.1 cm³/mol. The molecule has 2 aromatic rings. The average Bonchev–Trinajstić information content (AvgIpc) is 2.99. The number of benzene rings is 1. The SMILES string of the molecule is CCN(CC(=O)Nc1cccc(C#N)c1)Cc1cccs1. The van der Waals surface area contributed by atoms with Crippen molar-refractivity contribution < 1.29 is 4.79 Å². The Kier molecular flexibility index (Phi) is 5.50. The van der Waals surface area contributed by atoms with Crippen molar-refractivity contribution in [1.29, 1.82) is 5.26 Å². The van der Waals surface area contributed by atoms with Crippen molar-refractivity contribution in [3.8, 4) is 6.07 Å². The third-order valence-corrected chi connectivity index (χ3v) is 3.91. The average molecular weight is 299 g/mol. The van der Waals surface area contributed by atoms with E-state index in [0.717, 1.165) is 13.1 Å². The highest BCUT2D eigenvalue weighted by molar-refractivity contribution is 7.09. The van der Waals surface area contributed by atoms with Gasteiger partial charge in [-0.3, -0.25) is 9.69 Å². The van der Waals surface area contributed by atoms with E-state index in [-0.39, 0.29) is 5.91 Å². The van der Waals surface area contributed by atoms with Gasteiger partial charge in [-0.1, -0.05) is 19.1 Å². The molecule has 0 aliphatic heterocycles. The Balaban J connectivity index is 1.92. The maximum Gasteiger partial charge on any atom is 0.238 e. The molecular weight excluding hydrogens is 282 g/mol. The molecule has 1 aromatic carbocycles. The number of nitriles is 1. The van der Waals surface area contributed by atoms with Crippen LogP contribution in [0.3, 0.4) is 0 Å². The molecule has 0 aliphatic carbocycles. The van der Waals surface area contributed by atoms with Gasteiger partial charge in [0.05, 0.1) is 18.2 Å². The van der Waals surface area contributed by atoms with E-state index < -0.39 is 0 Å². The number of thiophene rings is 1. The highest BCUT2D eigenvalue weighted by Gasteiger charge is 2.10. The summed E-state index contributed by atoms with van der Waals surface area (Å²) in [7, 11) is 0. The number of hydrogen-bond acceptors (Lipinski definition) is 4. The van der Waals surface area contributed by atoms with Crippen LogP contribution in [0.25, 0.3) is 0 Å². The van der Waals surface area contributed by atoms with Crippen LogP contribution in [0.1, 0.15) is 17.4 Å². The number of carbonyl (C=O) groups excluding carboxylic acids is 1. The summed E-state index contributed by atoms with van der Waals surface area (Å²) in [5, 5.41) is 13.7. The molecule has 1 N–H and O–H groups in total. The molecule has 0 unspecified atom stereocenters. The minimum Gasteiger partial charge on any atom is -0.325 e. The van der Waals surface area contributed by atoms with Gasteiger partial charge in [0.1, 0.15) is 0 Å². The summed E-state index contributed by atoms with van der Waals surface area (Å²) >= 11 is 1.69. The fourth-order valence-electron chi connectivity index (χ4n) is 1.97. The largest absolute Gasteiger partial charge is 0.325 e. The molecule has 1 amide bonds. The van der Waals surface area contributed by atoms with Crippen LogP contribution in [0.15, 0.2) is 41.8 Å². The number of hydrogen-bond donors (Lipinski definition) is 1. The first-order valence-electron chi connectivity index (χ1n) is 6.76. The van der Waals surface area contributed by atoms with E-state index >= 15 is 0 Å². The lowest BCUT2D eigenvalue weighted by Crippen LogP contribution is -2.32. The second-order valence-corrected chi connectivity index (χ2v) is 5.66. The number of likely N-dealkylation sites (N-methyl/N-ethyl adjacent to an activating group) is 1. The molecule has 1 heterocycles. The number of carbonyl (C=O) groups is 1. The van der Waals surface area contributed by atoms with Gasteiger partial charge in [0.2, 0.25) is 5.91 Å². The van der Waals surface area contributed by atoms with Crippen LogP contribution in [0, 0.1) is 11.3 Å². The van der Waals surface area contributed by atoms with Crippen molar-refractivity contribution >= 4 is 22.9 Å². The van der Waals surface area contributed by atoms with E-state index in [1.165, 1.54) is 4.88 Å². The van der Waals surface area contributed by atoms with Crippen LogP contribution >= 0.6 is 11.3 Å². The van der Waals surface area contributed by atoms with Crippen LogP contribution in [-0.2, 0) is 11.3 Å². The van der Waals surface area contributed by atoms with Gasteiger partial charge in [0, 0.05) is 17.1 Å². The molecule has 21 heavy (non-hydrogen) atoms. The van der Waals surface area contributed by atoms with Crippen LogP contribution < -0.4 is 5.32 Å².